The zero-order valence-electron chi connectivity index (χ0n) is 15.3. The summed E-state index contributed by atoms with van der Waals surface area (Å²) in [7, 11) is 1.29. The summed E-state index contributed by atoms with van der Waals surface area (Å²) in [4.78, 5) is 41.5. The number of aliphatic hydroxyl groups is 1. The second-order valence-corrected chi connectivity index (χ2v) is 7.87. The van der Waals surface area contributed by atoms with Crippen LogP contribution in [0, 0.1) is 0 Å². The number of aliphatic hydroxyl groups excluding tert-OH is 1. The van der Waals surface area contributed by atoms with Crippen LogP contribution in [0.25, 0.3) is 10.9 Å². The third-order valence-electron chi connectivity index (χ3n) is 4.53. The van der Waals surface area contributed by atoms with Crippen molar-refractivity contribution in [1.82, 2.24) is 9.55 Å². The SMILES string of the molecule is COC(=O)c1ccc2c(=O)n(C[C@@H](C)O)c(S[C@@H]3CCCCC3=O)nc2c1. The van der Waals surface area contributed by atoms with Crippen LogP contribution in [-0.4, -0.2) is 44.9 Å². The van der Waals surface area contributed by atoms with Crippen LogP contribution in [0.15, 0.2) is 28.2 Å². The molecule has 1 aromatic carbocycles. The van der Waals surface area contributed by atoms with Gasteiger partial charge in [0.25, 0.3) is 5.56 Å². The Morgan fingerprint density at radius 1 is 1.41 bits per heavy atom. The number of methoxy groups -OCH3 is 1. The van der Waals surface area contributed by atoms with Gasteiger partial charge in [-0.25, -0.2) is 9.78 Å². The third kappa shape index (κ3) is 4.22. The van der Waals surface area contributed by atoms with Gasteiger partial charge >= 0.3 is 5.97 Å². The number of hydrogen-bond acceptors (Lipinski definition) is 7. The van der Waals surface area contributed by atoms with Gasteiger partial charge < -0.3 is 9.84 Å². The first-order valence-electron chi connectivity index (χ1n) is 8.91. The zero-order valence-corrected chi connectivity index (χ0v) is 16.1. The zero-order chi connectivity index (χ0) is 19.6. The molecule has 27 heavy (non-hydrogen) atoms. The summed E-state index contributed by atoms with van der Waals surface area (Å²) in [5.74, 6) is -0.351. The number of hydrogen-bond donors (Lipinski definition) is 1. The molecule has 1 N–H and O–H groups in total. The molecule has 0 radical (unpaired) electrons. The maximum Gasteiger partial charge on any atom is 0.337 e. The number of carbonyl (C=O) groups is 2. The Bertz CT molecular complexity index is 938. The van der Waals surface area contributed by atoms with E-state index in [9.17, 15) is 19.5 Å². The van der Waals surface area contributed by atoms with Gasteiger partial charge in [-0.1, -0.05) is 18.2 Å². The van der Waals surface area contributed by atoms with Crippen LogP contribution in [0.1, 0.15) is 43.0 Å². The summed E-state index contributed by atoms with van der Waals surface area (Å²) in [5, 5.41) is 10.3. The van der Waals surface area contributed by atoms with Gasteiger partial charge in [0.15, 0.2) is 5.16 Å². The van der Waals surface area contributed by atoms with Crippen LogP contribution in [-0.2, 0) is 16.1 Å². The first-order chi connectivity index (χ1) is 12.9. The number of aromatic nitrogens is 2. The third-order valence-corrected chi connectivity index (χ3v) is 5.84. The Balaban J connectivity index is 2.10. The average molecular weight is 390 g/mol. The topological polar surface area (TPSA) is 98.5 Å². The van der Waals surface area contributed by atoms with Crippen LogP contribution in [0.2, 0.25) is 0 Å². The van der Waals surface area contributed by atoms with E-state index in [0.717, 1.165) is 19.3 Å². The summed E-state index contributed by atoms with van der Waals surface area (Å²) in [6, 6.07) is 4.57. The van der Waals surface area contributed by atoms with Gasteiger partial charge in [-0.3, -0.25) is 14.2 Å². The summed E-state index contributed by atoms with van der Waals surface area (Å²) in [6.45, 7) is 1.68. The van der Waals surface area contributed by atoms with Gasteiger partial charge in [0.05, 0.1) is 41.5 Å². The molecule has 0 unspecified atom stereocenters. The smallest absolute Gasteiger partial charge is 0.337 e. The number of fused-ring (bicyclic) bond motifs is 1. The minimum absolute atomic E-state index is 0.0871. The first kappa shape index (κ1) is 19.6. The minimum atomic E-state index is -0.738. The van der Waals surface area contributed by atoms with Crippen molar-refractivity contribution in [3.8, 4) is 0 Å². The fourth-order valence-corrected chi connectivity index (χ4v) is 4.39. The number of carbonyl (C=O) groups excluding carboxylic acids is 2. The Labute approximate surface area is 160 Å². The van der Waals surface area contributed by atoms with E-state index in [1.807, 2.05) is 0 Å². The minimum Gasteiger partial charge on any atom is -0.465 e. The lowest BCUT2D eigenvalue weighted by atomic mass is 9.99. The molecule has 1 aromatic heterocycles. The number of esters is 1. The monoisotopic (exact) mass is 390 g/mol. The second kappa shape index (κ2) is 8.22. The maximum absolute atomic E-state index is 13.0. The van der Waals surface area contributed by atoms with E-state index in [4.69, 9.17) is 4.74 Å². The van der Waals surface area contributed by atoms with E-state index >= 15 is 0 Å². The highest BCUT2D eigenvalue weighted by molar-refractivity contribution is 8.00. The lowest BCUT2D eigenvalue weighted by Gasteiger charge is -2.21. The van der Waals surface area contributed by atoms with Crippen molar-refractivity contribution >= 4 is 34.4 Å². The van der Waals surface area contributed by atoms with Gasteiger partial charge in [-0.2, -0.15) is 0 Å². The summed E-state index contributed by atoms with van der Waals surface area (Å²) < 4.78 is 6.14. The average Bonchev–Trinajstić information content (AvgIpc) is 2.65. The van der Waals surface area contributed by atoms with E-state index in [1.165, 1.54) is 41.6 Å². The Hall–Kier alpha value is -2.19. The van der Waals surface area contributed by atoms with Crippen LogP contribution in [0.4, 0.5) is 0 Å². The number of rotatable bonds is 5. The van der Waals surface area contributed by atoms with Crippen molar-refractivity contribution in [3.63, 3.8) is 0 Å². The van der Waals surface area contributed by atoms with E-state index in [0.29, 0.717) is 28.0 Å². The van der Waals surface area contributed by atoms with Crippen molar-refractivity contribution in [1.29, 1.82) is 0 Å². The lowest BCUT2D eigenvalue weighted by molar-refractivity contribution is -0.119. The van der Waals surface area contributed by atoms with Crippen molar-refractivity contribution in [2.75, 3.05) is 7.11 Å². The van der Waals surface area contributed by atoms with Crippen LogP contribution in [0.5, 0.6) is 0 Å². The Morgan fingerprint density at radius 2 is 2.19 bits per heavy atom. The van der Waals surface area contributed by atoms with E-state index in [2.05, 4.69) is 4.98 Å². The highest BCUT2D eigenvalue weighted by atomic mass is 32.2. The Kier molecular flexibility index (Phi) is 5.96. The van der Waals surface area contributed by atoms with Crippen LogP contribution >= 0.6 is 11.8 Å². The predicted molar refractivity (Wildman–Crippen MR) is 102 cm³/mol. The van der Waals surface area contributed by atoms with Crippen molar-refractivity contribution in [3.05, 3.63) is 34.1 Å². The number of ether oxygens (including phenoxy) is 1. The standard InChI is InChI=1S/C19H22N2O5S/c1-11(22)10-21-17(24)13-8-7-12(18(25)26-2)9-14(13)20-19(21)27-16-6-4-3-5-15(16)23/h7-9,11,16,22H,3-6,10H2,1-2H3/t11-,16-/m1/s1. The fourth-order valence-electron chi connectivity index (χ4n) is 3.16. The molecule has 0 aliphatic heterocycles. The van der Waals surface area contributed by atoms with E-state index in [-0.39, 0.29) is 23.1 Å². The molecule has 3 rings (SSSR count). The highest BCUT2D eigenvalue weighted by Gasteiger charge is 2.26. The molecule has 0 spiro atoms. The summed E-state index contributed by atoms with van der Waals surface area (Å²) >= 11 is 1.27. The largest absolute Gasteiger partial charge is 0.465 e. The molecule has 1 fully saturated rings. The van der Waals surface area contributed by atoms with Crippen LogP contribution in [0.3, 0.4) is 0 Å². The van der Waals surface area contributed by atoms with Gasteiger partial charge in [0.1, 0.15) is 5.78 Å². The molecule has 8 heteroatoms. The van der Waals surface area contributed by atoms with Crippen molar-refractivity contribution < 1.29 is 19.4 Å². The number of benzene rings is 1. The lowest BCUT2D eigenvalue weighted by Crippen LogP contribution is -2.30. The molecule has 2 aromatic rings. The highest BCUT2D eigenvalue weighted by Crippen LogP contribution is 2.31. The second-order valence-electron chi connectivity index (χ2n) is 6.70. The number of ketones is 1. The predicted octanol–water partition coefficient (Wildman–Crippen LogP) is 2.17. The molecule has 1 aliphatic carbocycles. The normalized spacial score (nSPS) is 18.5. The van der Waals surface area contributed by atoms with Gasteiger partial charge in [-0.05, 0) is 38.0 Å². The molecular formula is C19H22N2O5S. The van der Waals surface area contributed by atoms with Crippen molar-refractivity contribution in [2.24, 2.45) is 0 Å². The van der Waals surface area contributed by atoms with E-state index in [1.54, 1.807) is 6.92 Å². The van der Waals surface area contributed by atoms with Gasteiger partial charge in [0, 0.05) is 6.42 Å². The molecule has 1 aliphatic rings. The van der Waals surface area contributed by atoms with Gasteiger partial charge in [-0.15, -0.1) is 0 Å². The van der Waals surface area contributed by atoms with E-state index < -0.39 is 12.1 Å². The maximum atomic E-state index is 13.0. The first-order valence-corrected chi connectivity index (χ1v) is 9.79. The molecule has 0 bridgehead atoms. The molecule has 2 atom stereocenters. The van der Waals surface area contributed by atoms with Gasteiger partial charge in [0.2, 0.25) is 0 Å². The summed E-state index contributed by atoms with van der Waals surface area (Å²) in [6.07, 6.45) is 2.40. The quantitative estimate of drug-likeness (QED) is 0.617. The molecular weight excluding hydrogens is 368 g/mol. The van der Waals surface area contributed by atoms with Crippen LogP contribution < -0.4 is 5.56 Å². The molecule has 1 heterocycles. The summed E-state index contributed by atoms with van der Waals surface area (Å²) in [5.41, 5.74) is 0.369. The molecule has 0 saturated heterocycles. The number of thioether (sulfide) groups is 1. The number of nitrogens with zero attached hydrogens (tertiary/aromatic N) is 2. The molecule has 1 saturated carbocycles. The molecule has 144 valence electrons. The molecule has 7 nitrogen and oxygen atoms in total. The molecule has 0 amide bonds. The Morgan fingerprint density at radius 3 is 2.85 bits per heavy atom. The number of Topliss-reactive ketones (excluding diaryl/α,β-unsaturated/α-hetero) is 1. The van der Waals surface area contributed by atoms with Crippen molar-refractivity contribution in [2.45, 2.75) is 55.7 Å². The fraction of sp³-hybridized carbons (Fsp3) is 0.474.